The van der Waals surface area contributed by atoms with Gasteiger partial charge in [-0.15, -0.1) is 5.10 Å². The number of hydrogen-bond acceptors (Lipinski definition) is 5. The van der Waals surface area contributed by atoms with Crippen LogP contribution in [0.2, 0.25) is 0 Å². The highest BCUT2D eigenvalue weighted by molar-refractivity contribution is 6.75. The lowest BCUT2D eigenvalue weighted by atomic mass is 10.4. The highest BCUT2D eigenvalue weighted by atomic mass is 35.6. The minimum Gasteiger partial charge on any atom is -0.243 e. The van der Waals surface area contributed by atoms with Crippen molar-refractivity contribution in [3.8, 4) is 0 Å². The molecule has 0 saturated heterocycles. The van der Waals surface area contributed by atoms with E-state index in [1.165, 1.54) is 0 Å². The molecule has 0 N–H and O–H groups in total. The van der Waals surface area contributed by atoms with Crippen LogP contribution in [0.1, 0.15) is 11.6 Å². The average Bonchev–Trinajstić information content (AvgIpc) is 3.05. The second kappa shape index (κ2) is 6.53. The molecule has 0 aliphatic heterocycles. The summed E-state index contributed by atoms with van der Waals surface area (Å²) in [6.45, 7) is 0. The second-order valence-electron chi connectivity index (χ2n) is 3.86. The first-order chi connectivity index (χ1) is 10.4. The summed E-state index contributed by atoms with van der Waals surface area (Å²) < 4.78 is -5.28. The summed E-state index contributed by atoms with van der Waals surface area (Å²) in [5.41, 5.74) is 0. The van der Waals surface area contributed by atoms with Crippen LogP contribution in [0.15, 0.2) is 12.7 Å². The van der Waals surface area contributed by atoms with Crippen LogP contribution in [-0.4, -0.2) is 39.4 Å². The number of alkyl halides is 8. The predicted octanol–water partition coefficient (Wildman–Crippen LogP) is 4.21. The quantitative estimate of drug-likeness (QED) is 0.570. The van der Waals surface area contributed by atoms with Gasteiger partial charge in [-0.25, -0.2) is 14.8 Å². The Morgan fingerprint density at radius 2 is 1.65 bits per heavy atom. The van der Waals surface area contributed by atoms with E-state index in [4.69, 9.17) is 92.8 Å². The smallest absolute Gasteiger partial charge is 0.243 e. The number of nitrogens with zero attached hydrogens (tertiary/aromatic N) is 6. The van der Waals surface area contributed by atoms with E-state index >= 15 is 0 Å². The van der Waals surface area contributed by atoms with Crippen molar-refractivity contribution >= 4 is 98.8 Å². The van der Waals surface area contributed by atoms with Crippen molar-refractivity contribution in [3.05, 3.63) is 24.3 Å². The van der Waals surface area contributed by atoms with Crippen LogP contribution in [-0.2, 0) is 8.13 Å². The lowest BCUT2D eigenvalue weighted by Crippen LogP contribution is -2.35. The third-order valence-corrected chi connectivity index (χ3v) is 5.14. The van der Waals surface area contributed by atoms with Gasteiger partial charge in [0, 0.05) is 0 Å². The molecule has 2 aromatic heterocycles. The topological polar surface area (TPSA) is 78.5 Å². The molecule has 0 unspecified atom stereocenters. The summed E-state index contributed by atoms with van der Waals surface area (Å²) in [6, 6.07) is -0.898. The van der Waals surface area contributed by atoms with E-state index in [-0.39, 0.29) is 0 Å². The van der Waals surface area contributed by atoms with Crippen molar-refractivity contribution in [2.45, 2.75) is 11.9 Å². The summed E-state index contributed by atoms with van der Waals surface area (Å²) in [6.07, 6.45) is 2.19. The van der Waals surface area contributed by atoms with Crippen LogP contribution < -0.4 is 0 Å². The van der Waals surface area contributed by atoms with E-state index in [2.05, 4.69) is 20.2 Å². The van der Waals surface area contributed by atoms with E-state index in [0.717, 1.165) is 17.3 Å². The molecule has 126 valence electrons. The summed E-state index contributed by atoms with van der Waals surface area (Å²) >= 11 is 46.3. The normalized spacial score (nSPS) is 13.4. The highest BCUT2D eigenvalue weighted by Gasteiger charge is 2.53. The Labute approximate surface area is 168 Å². The molecule has 0 bridgehead atoms. The zero-order chi connectivity index (χ0) is 17.6. The lowest BCUT2D eigenvalue weighted by molar-refractivity contribution is 0.237. The van der Waals surface area contributed by atoms with E-state index in [1.54, 1.807) is 0 Å². The first-order valence-corrected chi connectivity index (χ1v) is 8.26. The largest absolute Gasteiger partial charge is 0.372 e. The Bertz CT molecular complexity index is 714. The maximum Gasteiger partial charge on any atom is 0.372 e. The van der Waals surface area contributed by atoms with E-state index < -0.39 is 29.6 Å². The first kappa shape index (κ1) is 19.6. The average molecular weight is 482 g/mol. The van der Waals surface area contributed by atoms with Crippen molar-refractivity contribution in [2.75, 3.05) is 0 Å². The molecule has 23 heavy (non-hydrogen) atoms. The molecule has 0 saturated carbocycles. The second-order valence-corrected chi connectivity index (χ2v) is 9.75. The van der Waals surface area contributed by atoms with Gasteiger partial charge in [0.15, 0.2) is 5.82 Å². The summed E-state index contributed by atoms with van der Waals surface area (Å²) in [5.74, 6) is -0.895. The number of aromatic nitrogens is 6. The zero-order valence-electron chi connectivity index (χ0n) is 10.3. The van der Waals surface area contributed by atoms with Gasteiger partial charge in [-0.3, -0.25) is 0 Å². The summed E-state index contributed by atoms with van der Waals surface area (Å²) in [5, 5.41) is 7.38. The summed E-state index contributed by atoms with van der Waals surface area (Å²) in [4.78, 5) is 19.8. The van der Waals surface area contributed by atoms with Gasteiger partial charge in [0.2, 0.25) is 14.0 Å². The molecular formula is C8H2Cl8N6O. The minimum absolute atomic E-state index is 0.411. The van der Waals surface area contributed by atoms with Gasteiger partial charge in [0.05, 0.1) is 0 Å². The molecule has 0 fully saturated rings. The fourth-order valence-electron chi connectivity index (χ4n) is 1.30. The fourth-order valence-corrected chi connectivity index (χ4v) is 2.04. The molecule has 0 aromatic carbocycles. The monoisotopic (exact) mass is 478 g/mol. The molecule has 7 nitrogen and oxygen atoms in total. The van der Waals surface area contributed by atoms with Gasteiger partial charge in [-0.05, 0) is 0 Å². The van der Waals surface area contributed by atoms with E-state index in [0.29, 0.717) is 4.68 Å². The molecule has 0 spiro atoms. The van der Waals surface area contributed by atoms with Gasteiger partial charge < -0.3 is 0 Å². The molecule has 0 atom stereocenters. The Morgan fingerprint density at radius 3 is 2.09 bits per heavy atom. The predicted molar refractivity (Wildman–Crippen MR) is 89.1 cm³/mol. The molecule has 15 heteroatoms. The lowest BCUT2D eigenvalue weighted by Gasteiger charge is -2.25. The first-order valence-electron chi connectivity index (χ1n) is 5.24. The molecule has 2 rings (SSSR count). The molecule has 0 radical (unpaired) electrons. The molecular weight excluding hydrogens is 480 g/mol. The number of carbonyl (C=O) groups is 1. The molecule has 2 aromatic rings. The zero-order valence-corrected chi connectivity index (χ0v) is 16.3. The molecule has 0 amide bonds. The Balaban J connectivity index is 2.66. The maximum atomic E-state index is 12.4. The Kier molecular flexibility index (Phi) is 5.57. The maximum absolute atomic E-state index is 12.4. The van der Waals surface area contributed by atoms with Crippen LogP contribution in [0.5, 0.6) is 0 Å². The van der Waals surface area contributed by atoms with Crippen LogP contribution in [0.4, 0.5) is 4.79 Å². The molecule has 0 aliphatic rings. The van der Waals surface area contributed by atoms with Crippen LogP contribution in [0.25, 0.3) is 0 Å². The fraction of sp³-hybridized carbons (Fsp3) is 0.375. The van der Waals surface area contributed by atoms with Crippen molar-refractivity contribution in [1.82, 2.24) is 29.5 Å². The summed E-state index contributed by atoms with van der Waals surface area (Å²) in [7, 11) is 0. The SMILES string of the molecule is O=C(n1cncn1)n1nc(C(Cl)(Cl)Cl)nc1C(Cl)(Cl)C(Cl)(Cl)Cl. The van der Waals surface area contributed by atoms with Crippen molar-refractivity contribution in [1.29, 1.82) is 0 Å². The Morgan fingerprint density at radius 1 is 1.04 bits per heavy atom. The third kappa shape index (κ3) is 3.93. The van der Waals surface area contributed by atoms with E-state index in [9.17, 15) is 4.79 Å². The van der Waals surface area contributed by atoms with Gasteiger partial charge in [0.1, 0.15) is 12.7 Å². The minimum atomic E-state index is -2.30. The number of carbonyl (C=O) groups excluding carboxylic acids is 1. The van der Waals surface area contributed by atoms with Crippen molar-refractivity contribution in [3.63, 3.8) is 0 Å². The number of halogens is 8. The van der Waals surface area contributed by atoms with Crippen molar-refractivity contribution < 1.29 is 4.79 Å². The van der Waals surface area contributed by atoms with Crippen LogP contribution in [0, 0.1) is 0 Å². The Hall–Kier alpha value is 0.270. The van der Waals surface area contributed by atoms with Gasteiger partial charge in [-0.2, -0.15) is 14.5 Å². The number of rotatable bonds is 1. The van der Waals surface area contributed by atoms with Crippen LogP contribution >= 0.6 is 92.8 Å². The van der Waals surface area contributed by atoms with E-state index in [1.807, 2.05) is 0 Å². The molecule has 2 heterocycles. The van der Waals surface area contributed by atoms with Crippen LogP contribution in [0.3, 0.4) is 0 Å². The third-order valence-electron chi connectivity index (χ3n) is 2.29. The van der Waals surface area contributed by atoms with Crippen molar-refractivity contribution in [2.24, 2.45) is 0 Å². The number of hydrogen-bond donors (Lipinski definition) is 0. The van der Waals surface area contributed by atoms with Gasteiger partial charge in [0.25, 0.3) is 3.79 Å². The highest BCUT2D eigenvalue weighted by Crippen LogP contribution is 2.52. The molecule has 0 aliphatic carbocycles. The van der Waals surface area contributed by atoms with Gasteiger partial charge >= 0.3 is 6.03 Å². The standard InChI is InChI=1S/C8H2Cl8N6O/c9-6(10,8(14,15)16)4-19-3(7(11,12)13)20-22(4)5(23)21-2-17-1-18-21/h1-2H. The van der Waals surface area contributed by atoms with Gasteiger partial charge in [-0.1, -0.05) is 92.8 Å².